The zero-order valence-electron chi connectivity index (χ0n) is 16.0. The molecule has 0 saturated heterocycles. The summed E-state index contributed by atoms with van der Waals surface area (Å²) in [4.78, 5) is 22.2. The van der Waals surface area contributed by atoms with Crippen molar-refractivity contribution in [3.63, 3.8) is 0 Å². The summed E-state index contributed by atoms with van der Waals surface area (Å²) in [5, 5.41) is 3.79. The lowest BCUT2D eigenvalue weighted by Gasteiger charge is -2.11. The molecule has 0 fully saturated rings. The fourth-order valence-corrected chi connectivity index (χ4v) is 3.76. The number of aromatic nitrogens is 2. The third-order valence-electron chi connectivity index (χ3n) is 4.32. The Kier molecular flexibility index (Phi) is 5.39. The van der Waals surface area contributed by atoms with Gasteiger partial charge in [0, 0.05) is 23.5 Å². The van der Waals surface area contributed by atoms with Crippen molar-refractivity contribution in [3.05, 3.63) is 66.4 Å². The summed E-state index contributed by atoms with van der Waals surface area (Å²) in [6, 6.07) is 16.8. The van der Waals surface area contributed by atoms with Crippen LogP contribution in [0.5, 0.6) is 11.5 Å². The van der Waals surface area contributed by atoms with E-state index in [1.165, 1.54) is 0 Å². The van der Waals surface area contributed by atoms with Gasteiger partial charge >= 0.3 is 0 Å². The van der Waals surface area contributed by atoms with E-state index in [4.69, 9.17) is 9.47 Å². The molecule has 7 heteroatoms. The molecular weight excluding hydrogens is 386 g/mol. The van der Waals surface area contributed by atoms with Crippen LogP contribution in [0.15, 0.2) is 60.8 Å². The summed E-state index contributed by atoms with van der Waals surface area (Å²) >= 11 is 1.55. The van der Waals surface area contributed by atoms with Crippen molar-refractivity contribution in [2.24, 2.45) is 0 Å². The highest BCUT2D eigenvalue weighted by Gasteiger charge is 2.11. The molecule has 0 radical (unpaired) electrons. The van der Waals surface area contributed by atoms with Crippen LogP contribution >= 0.6 is 11.3 Å². The van der Waals surface area contributed by atoms with E-state index in [1.807, 2.05) is 49.4 Å². The molecule has 146 valence electrons. The van der Waals surface area contributed by atoms with E-state index in [1.54, 1.807) is 36.8 Å². The highest BCUT2D eigenvalue weighted by atomic mass is 32.1. The zero-order chi connectivity index (χ0) is 20.2. The van der Waals surface area contributed by atoms with Crippen LogP contribution in [0.2, 0.25) is 0 Å². The molecule has 0 bridgehead atoms. The van der Waals surface area contributed by atoms with Crippen molar-refractivity contribution in [1.82, 2.24) is 9.97 Å². The smallest absolute Gasteiger partial charge is 0.262 e. The first-order valence-electron chi connectivity index (χ1n) is 9.01. The molecule has 0 aliphatic rings. The average molecular weight is 405 g/mol. The Morgan fingerprint density at radius 2 is 1.97 bits per heavy atom. The van der Waals surface area contributed by atoms with Crippen LogP contribution < -0.4 is 14.8 Å². The molecule has 0 aliphatic heterocycles. The molecule has 2 aromatic heterocycles. The van der Waals surface area contributed by atoms with Gasteiger partial charge in [-0.1, -0.05) is 17.4 Å². The number of hydrogen-bond acceptors (Lipinski definition) is 6. The maximum Gasteiger partial charge on any atom is 0.262 e. The van der Waals surface area contributed by atoms with Crippen LogP contribution in [-0.2, 0) is 4.79 Å². The third kappa shape index (κ3) is 4.35. The van der Waals surface area contributed by atoms with Gasteiger partial charge in [0.05, 0.1) is 7.11 Å². The topological polar surface area (TPSA) is 73.3 Å². The molecule has 1 N–H and O–H groups in total. The summed E-state index contributed by atoms with van der Waals surface area (Å²) in [6.07, 6.45) is 1.77. The van der Waals surface area contributed by atoms with Crippen molar-refractivity contribution in [1.29, 1.82) is 0 Å². The first-order chi connectivity index (χ1) is 14.1. The molecule has 2 heterocycles. The fourth-order valence-electron chi connectivity index (χ4n) is 2.86. The van der Waals surface area contributed by atoms with E-state index in [0.29, 0.717) is 11.5 Å². The van der Waals surface area contributed by atoms with Crippen molar-refractivity contribution >= 4 is 33.3 Å². The second kappa shape index (κ2) is 8.28. The Morgan fingerprint density at radius 1 is 1.10 bits per heavy atom. The van der Waals surface area contributed by atoms with Crippen molar-refractivity contribution < 1.29 is 14.3 Å². The number of rotatable bonds is 6. The lowest BCUT2D eigenvalue weighted by atomic mass is 10.1. The summed E-state index contributed by atoms with van der Waals surface area (Å²) in [7, 11) is 1.59. The standard InChI is InChI=1S/C22H19N3O3S/c1-14-11-15(21-25-19-7-4-10-23-22(19)29-21)8-9-18(14)24-20(26)13-28-17-6-3-5-16(12-17)27-2/h3-12H,13H2,1-2H3,(H,24,26). The van der Waals surface area contributed by atoms with Crippen molar-refractivity contribution in [2.75, 3.05) is 19.0 Å². The number of methoxy groups -OCH3 is 1. The molecule has 6 nitrogen and oxygen atoms in total. The van der Waals surface area contributed by atoms with Crippen molar-refractivity contribution in [2.45, 2.75) is 6.92 Å². The Balaban J connectivity index is 1.43. The Bertz CT molecular complexity index is 1140. The van der Waals surface area contributed by atoms with E-state index < -0.39 is 0 Å². The first kappa shape index (κ1) is 18.9. The number of hydrogen-bond donors (Lipinski definition) is 1. The number of pyridine rings is 1. The molecule has 4 rings (SSSR count). The number of ether oxygens (including phenoxy) is 2. The SMILES string of the molecule is COc1cccc(OCC(=O)Nc2ccc(-c3nc4cccnc4s3)cc2C)c1. The third-order valence-corrected chi connectivity index (χ3v) is 5.35. The van der Waals surface area contributed by atoms with Crippen LogP contribution in [0.1, 0.15) is 5.56 Å². The van der Waals surface area contributed by atoms with Crippen LogP contribution in [0.3, 0.4) is 0 Å². The lowest BCUT2D eigenvalue weighted by molar-refractivity contribution is -0.118. The second-order valence-electron chi connectivity index (χ2n) is 6.39. The Morgan fingerprint density at radius 3 is 2.76 bits per heavy atom. The summed E-state index contributed by atoms with van der Waals surface area (Å²) in [6.45, 7) is 1.87. The molecular formula is C22H19N3O3S. The van der Waals surface area contributed by atoms with E-state index in [0.717, 1.165) is 32.2 Å². The Labute approximate surface area is 172 Å². The van der Waals surface area contributed by atoms with Crippen molar-refractivity contribution in [3.8, 4) is 22.1 Å². The second-order valence-corrected chi connectivity index (χ2v) is 7.37. The molecule has 29 heavy (non-hydrogen) atoms. The van der Waals surface area contributed by atoms with Crippen LogP contribution in [0.25, 0.3) is 20.9 Å². The van der Waals surface area contributed by atoms with Gasteiger partial charge in [0.1, 0.15) is 26.9 Å². The zero-order valence-corrected chi connectivity index (χ0v) is 16.8. The highest BCUT2D eigenvalue weighted by Crippen LogP contribution is 2.31. The van der Waals surface area contributed by atoms with Crippen LogP contribution in [0, 0.1) is 6.92 Å². The molecule has 4 aromatic rings. The number of thiazole rings is 1. The number of carbonyl (C=O) groups excluding carboxylic acids is 1. The van der Waals surface area contributed by atoms with Gasteiger partial charge in [0.2, 0.25) is 0 Å². The quantitative estimate of drug-likeness (QED) is 0.504. The number of fused-ring (bicyclic) bond motifs is 1. The average Bonchev–Trinajstić information content (AvgIpc) is 3.18. The molecule has 0 spiro atoms. The van der Waals surface area contributed by atoms with Gasteiger partial charge in [0.25, 0.3) is 5.91 Å². The number of aryl methyl sites for hydroxylation is 1. The number of nitrogens with zero attached hydrogens (tertiary/aromatic N) is 2. The van der Waals surface area contributed by atoms with E-state index in [9.17, 15) is 4.79 Å². The van der Waals surface area contributed by atoms with Crippen LogP contribution in [0.4, 0.5) is 5.69 Å². The minimum Gasteiger partial charge on any atom is -0.497 e. The number of carbonyl (C=O) groups is 1. The molecule has 0 saturated carbocycles. The molecule has 2 aromatic carbocycles. The largest absolute Gasteiger partial charge is 0.497 e. The minimum atomic E-state index is -0.229. The number of nitrogens with one attached hydrogen (secondary N) is 1. The summed E-state index contributed by atoms with van der Waals surface area (Å²) in [5.41, 5.74) is 3.57. The van der Waals surface area contributed by atoms with Gasteiger partial charge in [-0.15, -0.1) is 0 Å². The van der Waals surface area contributed by atoms with Gasteiger partial charge in [-0.05, 0) is 55.0 Å². The lowest BCUT2D eigenvalue weighted by Crippen LogP contribution is -2.20. The summed E-state index contributed by atoms with van der Waals surface area (Å²) in [5.74, 6) is 1.03. The number of amides is 1. The van der Waals surface area contributed by atoms with E-state index >= 15 is 0 Å². The number of anilines is 1. The summed E-state index contributed by atoms with van der Waals surface area (Å²) < 4.78 is 10.7. The normalized spacial score (nSPS) is 10.7. The van der Waals surface area contributed by atoms with Gasteiger partial charge < -0.3 is 14.8 Å². The monoisotopic (exact) mass is 405 g/mol. The molecule has 0 aliphatic carbocycles. The van der Waals surface area contributed by atoms with E-state index in [2.05, 4.69) is 15.3 Å². The minimum absolute atomic E-state index is 0.0854. The van der Waals surface area contributed by atoms with E-state index in [-0.39, 0.29) is 12.5 Å². The predicted molar refractivity (Wildman–Crippen MR) is 115 cm³/mol. The highest BCUT2D eigenvalue weighted by molar-refractivity contribution is 7.21. The van der Waals surface area contributed by atoms with Crippen LogP contribution in [-0.4, -0.2) is 29.6 Å². The number of benzene rings is 2. The van der Waals surface area contributed by atoms with Gasteiger partial charge in [-0.2, -0.15) is 0 Å². The fraction of sp³-hybridized carbons (Fsp3) is 0.136. The molecule has 0 atom stereocenters. The molecule has 0 unspecified atom stereocenters. The first-order valence-corrected chi connectivity index (χ1v) is 9.83. The maximum absolute atomic E-state index is 12.3. The van der Waals surface area contributed by atoms with Gasteiger partial charge in [-0.3, -0.25) is 4.79 Å². The van der Waals surface area contributed by atoms with Gasteiger partial charge in [-0.25, -0.2) is 9.97 Å². The maximum atomic E-state index is 12.3. The Hall–Kier alpha value is -3.45. The van der Waals surface area contributed by atoms with Gasteiger partial charge in [0.15, 0.2) is 6.61 Å². The predicted octanol–water partition coefficient (Wildman–Crippen LogP) is 4.69. The molecule has 1 amide bonds.